The molecule has 0 saturated heterocycles. The summed E-state index contributed by atoms with van der Waals surface area (Å²) in [5.74, 6) is -3.90. The molecule has 0 saturated carbocycles. The van der Waals surface area contributed by atoms with Gasteiger partial charge in [0.2, 0.25) is 0 Å². The van der Waals surface area contributed by atoms with Crippen molar-refractivity contribution in [1.29, 1.82) is 0 Å². The van der Waals surface area contributed by atoms with E-state index in [-0.39, 0.29) is 0 Å². The summed E-state index contributed by atoms with van der Waals surface area (Å²) >= 11 is 0. The van der Waals surface area contributed by atoms with Crippen LogP contribution >= 0.6 is 7.31 Å². The Morgan fingerprint density at radius 3 is 0.531 bits per heavy atom. The van der Waals surface area contributed by atoms with E-state index in [0.717, 1.165) is 0 Å². The molecule has 0 fully saturated rings. The van der Waals surface area contributed by atoms with Crippen molar-refractivity contribution in [3.63, 3.8) is 0 Å². The van der Waals surface area contributed by atoms with Crippen LogP contribution in [0, 0.1) is 0 Å². The molecule has 0 unspecified atom stereocenters. The van der Waals surface area contributed by atoms with Crippen LogP contribution in [0.5, 0.6) is 34.5 Å². The van der Waals surface area contributed by atoms with Gasteiger partial charge >= 0.3 is 282 Å². The zero-order valence-corrected chi connectivity index (χ0v) is 31.5. The van der Waals surface area contributed by atoms with Gasteiger partial charge in [-0.15, -0.1) is 0 Å². The van der Waals surface area contributed by atoms with Crippen LogP contribution in [0.2, 0.25) is 0 Å². The fourth-order valence-corrected chi connectivity index (χ4v) is 16.2. The molecule has 3 heterocycles. The maximum atomic E-state index is 12.7. The summed E-state index contributed by atoms with van der Waals surface area (Å²) in [7, 11) is -33.3. The van der Waals surface area contributed by atoms with Gasteiger partial charge in [-0.25, -0.2) is 0 Å². The molecule has 0 atom stereocenters. The molecule has 0 bridgehead atoms. The van der Waals surface area contributed by atoms with Crippen molar-refractivity contribution in [3.8, 4) is 34.5 Å². The molecule has 3 aromatic carbocycles. The Kier molecular flexibility index (Phi) is 6.70. The van der Waals surface area contributed by atoms with E-state index >= 15 is 0 Å². The van der Waals surface area contributed by atoms with Crippen molar-refractivity contribution in [2.75, 3.05) is 37.5 Å². The first-order valence-corrected chi connectivity index (χ1v) is 26.5. The van der Waals surface area contributed by atoms with E-state index < -0.39 is 130 Å². The molecule has 0 amide bonds. The van der Waals surface area contributed by atoms with Crippen LogP contribution in [0.1, 0.15) is 0 Å². The Morgan fingerprint density at radius 1 is 0.306 bits per heavy atom. The zero-order chi connectivity index (χ0) is 36.8. The molecule has 6 rings (SSSR count). The standard InChI is InChI=1S/C24H24O18PS6/c1-44(25,26)19-7-13-14(8-20(19)45(2,27)28)38-43(37-13,39-15-9-21(46(3,29)30)22(47(4,31)32)10-16(15)40-43)41-17-11-23(48(5,33)34)24(49(6,35)36)12-18(17)42-43/h7-12H,1-6H3/q-1. The Labute approximate surface area is 280 Å². The molecule has 270 valence electrons. The van der Waals surface area contributed by atoms with Crippen molar-refractivity contribution in [2.24, 2.45) is 0 Å². The van der Waals surface area contributed by atoms with Gasteiger partial charge in [-0.05, 0) is 0 Å². The first-order valence-electron chi connectivity index (χ1n) is 13.0. The summed E-state index contributed by atoms with van der Waals surface area (Å²) < 4.78 is 189. The fourth-order valence-electron chi connectivity index (χ4n) is 5.22. The SMILES string of the molecule is CS(=O)(=O)c1cc2c(cc1S(C)(=O)=O)O[P-]13(O2)(Oc2cc(S(C)(=O)=O)c(S(C)(=O)=O)cc2O1)Oc1cc(S(C)(=O)=O)c(S(C)(=O)=O)cc1O3. The summed E-state index contributed by atoms with van der Waals surface area (Å²) in [6, 6.07) is 4.24. The number of hydrogen-bond donors (Lipinski definition) is 0. The molecule has 25 heteroatoms. The second-order valence-corrected chi connectivity index (χ2v) is 26.8. The number of rotatable bonds is 6. The third-order valence-electron chi connectivity index (χ3n) is 7.14. The third-order valence-corrected chi connectivity index (χ3v) is 17.8. The van der Waals surface area contributed by atoms with Gasteiger partial charge in [0.25, 0.3) is 0 Å². The average molecular weight is 824 g/mol. The second kappa shape index (κ2) is 9.27. The fraction of sp³-hybridized carbons (Fsp3) is 0.250. The predicted molar refractivity (Wildman–Crippen MR) is 169 cm³/mol. The minimum absolute atomic E-state index is 0.651. The van der Waals surface area contributed by atoms with Crippen molar-refractivity contribution in [2.45, 2.75) is 29.4 Å². The van der Waals surface area contributed by atoms with Gasteiger partial charge in [-0.2, -0.15) is 0 Å². The van der Waals surface area contributed by atoms with Gasteiger partial charge in [0.15, 0.2) is 0 Å². The molecule has 3 aliphatic heterocycles. The number of sulfone groups is 6. The molecule has 3 aliphatic rings. The van der Waals surface area contributed by atoms with E-state index in [2.05, 4.69) is 0 Å². The zero-order valence-electron chi connectivity index (χ0n) is 25.7. The Morgan fingerprint density at radius 2 is 0.429 bits per heavy atom. The van der Waals surface area contributed by atoms with Gasteiger partial charge in [-0.1, -0.05) is 0 Å². The van der Waals surface area contributed by atoms with Crippen LogP contribution in [-0.2, 0) is 59.0 Å². The predicted octanol–water partition coefficient (Wildman–Crippen LogP) is 1.40. The average Bonchev–Trinajstić information content (AvgIpc) is 3.44. The monoisotopic (exact) mass is 823 g/mol. The second-order valence-electron chi connectivity index (χ2n) is 11.5. The number of hydrogen-bond acceptors (Lipinski definition) is 18. The number of fused-ring (bicyclic) bond motifs is 3. The van der Waals surface area contributed by atoms with E-state index in [1.54, 1.807) is 0 Å². The summed E-state index contributed by atoms with van der Waals surface area (Å²) in [4.78, 5) is -4.76. The van der Waals surface area contributed by atoms with E-state index in [1.807, 2.05) is 0 Å². The van der Waals surface area contributed by atoms with Gasteiger partial charge < -0.3 is 0 Å². The molecule has 0 aliphatic carbocycles. The first kappa shape index (κ1) is 35.4. The van der Waals surface area contributed by atoms with Crippen molar-refractivity contribution in [3.05, 3.63) is 36.4 Å². The van der Waals surface area contributed by atoms with E-state index in [1.165, 1.54) is 0 Å². The maximum absolute atomic E-state index is 12.7. The molecule has 0 radical (unpaired) electrons. The summed E-state index contributed by atoms with van der Waals surface area (Å²) in [5.41, 5.74) is 0. The van der Waals surface area contributed by atoms with Gasteiger partial charge in [0.05, 0.1) is 0 Å². The van der Waals surface area contributed by atoms with Crippen LogP contribution in [0.4, 0.5) is 0 Å². The van der Waals surface area contributed by atoms with Crippen LogP contribution in [0.15, 0.2) is 65.8 Å². The topological polar surface area (TPSA) is 260 Å². The Balaban J connectivity index is 1.71. The molecule has 0 aromatic heterocycles. The summed E-state index contributed by atoms with van der Waals surface area (Å²) in [5, 5.41) is 0. The molecule has 1 spiro atoms. The van der Waals surface area contributed by atoms with Crippen molar-refractivity contribution >= 4 is 66.3 Å². The molecular formula is C24H24O18PS6-. The third kappa shape index (κ3) is 5.38. The van der Waals surface area contributed by atoms with Crippen molar-refractivity contribution < 1.29 is 77.6 Å². The van der Waals surface area contributed by atoms with Crippen LogP contribution in [0.3, 0.4) is 0 Å². The molecule has 3 aromatic rings. The van der Waals surface area contributed by atoms with E-state index in [0.29, 0.717) is 73.9 Å². The molecular weight excluding hydrogens is 800 g/mol. The number of benzene rings is 3. The quantitative estimate of drug-likeness (QED) is 0.318. The molecule has 49 heavy (non-hydrogen) atoms. The Hall–Kier alpha value is -3.41. The van der Waals surface area contributed by atoms with Crippen LogP contribution in [-0.4, -0.2) is 88.0 Å². The summed E-state index contributed by atoms with van der Waals surface area (Å²) in [6.07, 6.45) is 4.14. The first-order chi connectivity index (χ1) is 21.8. The van der Waals surface area contributed by atoms with Gasteiger partial charge in [0, 0.05) is 0 Å². The molecule has 0 N–H and O–H groups in total. The normalized spacial score (nSPS) is 20.0. The van der Waals surface area contributed by atoms with Crippen LogP contribution < -0.4 is 27.1 Å². The van der Waals surface area contributed by atoms with Gasteiger partial charge in [-0.3, -0.25) is 0 Å². The summed E-state index contributed by atoms with van der Waals surface area (Å²) in [6.45, 7) is 0. The van der Waals surface area contributed by atoms with E-state index in [9.17, 15) is 50.5 Å². The molecule has 18 nitrogen and oxygen atoms in total. The Bertz CT molecular complexity index is 2290. The minimum atomic E-state index is -7.31. The van der Waals surface area contributed by atoms with Crippen LogP contribution in [0.25, 0.3) is 0 Å². The van der Waals surface area contributed by atoms with E-state index in [4.69, 9.17) is 27.1 Å². The van der Waals surface area contributed by atoms with Crippen molar-refractivity contribution in [1.82, 2.24) is 0 Å². The van der Waals surface area contributed by atoms with Gasteiger partial charge in [0.1, 0.15) is 0 Å².